The van der Waals surface area contributed by atoms with Gasteiger partial charge in [-0.1, -0.05) is 0 Å². The Labute approximate surface area is 116 Å². The molecule has 0 bridgehead atoms. The summed E-state index contributed by atoms with van der Waals surface area (Å²) in [6.07, 6.45) is 0.496. The molecular weight excluding hydrogens is 271 g/mol. The molecule has 3 nitrogen and oxygen atoms in total. The second-order valence-corrected chi connectivity index (χ2v) is 6.14. The molecule has 6 heteroatoms. The Kier molecular flexibility index (Phi) is 4.94. The van der Waals surface area contributed by atoms with Crippen molar-refractivity contribution in [1.82, 2.24) is 5.32 Å². The van der Waals surface area contributed by atoms with E-state index in [0.717, 1.165) is 12.8 Å². The zero-order valence-corrected chi connectivity index (χ0v) is 11.5. The number of hydrogen-bond acceptors (Lipinski definition) is 2. The topological polar surface area (TPSA) is 49.3 Å². The molecule has 0 atom stereocenters. The van der Waals surface area contributed by atoms with E-state index in [4.69, 9.17) is 5.11 Å². The van der Waals surface area contributed by atoms with Crippen LogP contribution in [0.5, 0.6) is 0 Å². The van der Waals surface area contributed by atoms with E-state index in [1.807, 2.05) is 0 Å². The molecule has 2 aliphatic carbocycles. The van der Waals surface area contributed by atoms with Gasteiger partial charge in [0.1, 0.15) is 0 Å². The van der Waals surface area contributed by atoms with Crippen LogP contribution in [0.1, 0.15) is 51.4 Å². The van der Waals surface area contributed by atoms with E-state index >= 15 is 0 Å². The molecule has 0 saturated heterocycles. The number of carboxylic acids is 1. The standard InChI is InChI=1S/C14H22F3NO2/c15-14(16,17)10-3-7-12(8-4-10)18-11-5-1-9(2-6-11)13(19)20/h9-12,18H,1-8H2,(H,19,20). The Hall–Kier alpha value is -0.780. The first kappa shape index (κ1) is 15.6. The van der Waals surface area contributed by atoms with Crippen molar-refractivity contribution in [1.29, 1.82) is 0 Å². The number of halogens is 3. The quantitative estimate of drug-likeness (QED) is 0.839. The highest BCUT2D eigenvalue weighted by atomic mass is 19.4. The zero-order chi connectivity index (χ0) is 14.8. The van der Waals surface area contributed by atoms with E-state index < -0.39 is 18.1 Å². The average Bonchev–Trinajstić information content (AvgIpc) is 2.39. The lowest BCUT2D eigenvalue weighted by Crippen LogP contribution is -2.44. The summed E-state index contributed by atoms with van der Waals surface area (Å²) in [5.41, 5.74) is 0. The number of carboxylic acid groups (broad SMARTS) is 1. The minimum absolute atomic E-state index is 0.167. The van der Waals surface area contributed by atoms with E-state index in [1.165, 1.54) is 0 Å². The first-order valence-electron chi connectivity index (χ1n) is 7.42. The largest absolute Gasteiger partial charge is 0.481 e. The van der Waals surface area contributed by atoms with Gasteiger partial charge in [0.15, 0.2) is 0 Å². The van der Waals surface area contributed by atoms with Gasteiger partial charge in [-0.05, 0) is 51.4 Å². The van der Waals surface area contributed by atoms with Crippen LogP contribution in [0.15, 0.2) is 0 Å². The van der Waals surface area contributed by atoms with Crippen LogP contribution in [0.25, 0.3) is 0 Å². The third kappa shape index (κ3) is 4.11. The van der Waals surface area contributed by atoms with Crippen molar-refractivity contribution < 1.29 is 23.1 Å². The molecule has 0 aromatic heterocycles. The minimum atomic E-state index is -4.05. The number of rotatable bonds is 3. The summed E-state index contributed by atoms with van der Waals surface area (Å²) in [6, 6.07) is 0.443. The zero-order valence-electron chi connectivity index (χ0n) is 11.5. The summed E-state index contributed by atoms with van der Waals surface area (Å²) in [4.78, 5) is 10.9. The molecule has 0 radical (unpaired) electrons. The highest BCUT2D eigenvalue weighted by molar-refractivity contribution is 5.70. The maximum Gasteiger partial charge on any atom is 0.391 e. The first-order chi connectivity index (χ1) is 9.36. The lowest BCUT2D eigenvalue weighted by molar-refractivity contribution is -0.182. The number of nitrogens with one attached hydrogen (secondary N) is 1. The molecule has 2 aliphatic rings. The molecular formula is C14H22F3NO2. The number of alkyl halides is 3. The predicted octanol–water partition coefficient (Wildman–Crippen LogP) is 3.34. The van der Waals surface area contributed by atoms with E-state index in [2.05, 4.69) is 5.32 Å². The van der Waals surface area contributed by atoms with Crippen LogP contribution >= 0.6 is 0 Å². The van der Waals surface area contributed by atoms with Gasteiger partial charge in [0, 0.05) is 12.1 Å². The van der Waals surface area contributed by atoms with Crippen molar-refractivity contribution in [3.8, 4) is 0 Å². The highest BCUT2D eigenvalue weighted by Crippen LogP contribution is 2.38. The number of aliphatic carboxylic acids is 1. The summed E-state index contributed by atoms with van der Waals surface area (Å²) in [7, 11) is 0. The third-order valence-corrected chi connectivity index (χ3v) is 4.74. The van der Waals surface area contributed by atoms with E-state index in [-0.39, 0.29) is 30.8 Å². The van der Waals surface area contributed by atoms with Crippen LogP contribution in [0, 0.1) is 11.8 Å². The molecule has 116 valence electrons. The SMILES string of the molecule is O=C(O)C1CCC(NC2CCC(C(F)(F)F)CC2)CC1. The number of carbonyl (C=O) groups is 1. The molecule has 0 aromatic carbocycles. The predicted molar refractivity (Wildman–Crippen MR) is 68.3 cm³/mol. The van der Waals surface area contributed by atoms with Crippen LogP contribution in [0.3, 0.4) is 0 Å². The van der Waals surface area contributed by atoms with E-state index in [1.54, 1.807) is 0 Å². The van der Waals surface area contributed by atoms with Gasteiger partial charge in [0.05, 0.1) is 11.8 Å². The lowest BCUT2D eigenvalue weighted by atomic mass is 9.82. The van der Waals surface area contributed by atoms with Gasteiger partial charge in [-0.2, -0.15) is 13.2 Å². The van der Waals surface area contributed by atoms with Gasteiger partial charge >= 0.3 is 12.1 Å². The molecule has 0 spiro atoms. The van der Waals surface area contributed by atoms with Gasteiger partial charge in [-0.25, -0.2) is 0 Å². The third-order valence-electron chi connectivity index (χ3n) is 4.74. The van der Waals surface area contributed by atoms with Crippen molar-refractivity contribution in [3.63, 3.8) is 0 Å². The van der Waals surface area contributed by atoms with Gasteiger partial charge in [-0.15, -0.1) is 0 Å². The molecule has 2 N–H and O–H groups in total. The molecule has 0 aliphatic heterocycles. The number of hydrogen-bond donors (Lipinski definition) is 2. The fourth-order valence-electron chi connectivity index (χ4n) is 3.43. The second-order valence-electron chi connectivity index (χ2n) is 6.14. The maximum absolute atomic E-state index is 12.6. The fourth-order valence-corrected chi connectivity index (χ4v) is 3.43. The highest BCUT2D eigenvalue weighted by Gasteiger charge is 2.41. The molecule has 2 saturated carbocycles. The molecule has 0 aromatic rings. The summed E-state index contributed by atoms with van der Waals surface area (Å²) < 4.78 is 37.7. The lowest BCUT2D eigenvalue weighted by Gasteiger charge is -2.35. The average molecular weight is 293 g/mol. The maximum atomic E-state index is 12.6. The Balaban J connectivity index is 1.70. The Morgan fingerprint density at radius 2 is 1.35 bits per heavy atom. The smallest absolute Gasteiger partial charge is 0.391 e. The monoisotopic (exact) mass is 293 g/mol. The molecule has 2 rings (SSSR count). The van der Waals surface area contributed by atoms with Gasteiger partial charge in [0.2, 0.25) is 0 Å². The summed E-state index contributed by atoms with van der Waals surface area (Å²) >= 11 is 0. The molecule has 0 unspecified atom stereocenters. The van der Waals surface area contributed by atoms with Gasteiger partial charge < -0.3 is 10.4 Å². The minimum Gasteiger partial charge on any atom is -0.481 e. The molecule has 2 fully saturated rings. The van der Waals surface area contributed by atoms with Crippen LogP contribution in [-0.2, 0) is 4.79 Å². The van der Waals surface area contributed by atoms with Crippen LogP contribution in [0.4, 0.5) is 13.2 Å². The first-order valence-corrected chi connectivity index (χ1v) is 7.42. The summed E-state index contributed by atoms with van der Waals surface area (Å²) in [5.74, 6) is -2.11. The van der Waals surface area contributed by atoms with Crippen LogP contribution in [-0.4, -0.2) is 29.3 Å². The van der Waals surface area contributed by atoms with E-state index in [0.29, 0.717) is 25.7 Å². The second kappa shape index (κ2) is 6.33. The Morgan fingerprint density at radius 3 is 1.75 bits per heavy atom. The summed E-state index contributed by atoms with van der Waals surface area (Å²) in [5, 5.41) is 12.4. The molecule has 0 heterocycles. The van der Waals surface area contributed by atoms with Crippen molar-refractivity contribution in [2.45, 2.75) is 69.6 Å². The Morgan fingerprint density at radius 1 is 0.900 bits per heavy atom. The fraction of sp³-hybridized carbons (Fsp3) is 0.929. The van der Waals surface area contributed by atoms with Crippen molar-refractivity contribution in [3.05, 3.63) is 0 Å². The van der Waals surface area contributed by atoms with Gasteiger partial charge in [-0.3, -0.25) is 4.79 Å². The van der Waals surface area contributed by atoms with Crippen LogP contribution in [0.2, 0.25) is 0 Å². The van der Waals surface area contributed by atoms with Crippen molar-refractivity contribution in [2.24, 2.45) is 11.8 Å². The Bertz CT molecular complexity index is 330. The molecule has 20 heavy (non-hydrogen) atoms. The normalized spacial score (nSPS) is 35.8. The van der Waals surface area contributed by atoms with E-state index in [9.17, 15) is 18.0 Å². The van der Waals surface area contributed by atoms with Crippen LogP contribution < -0.4 is 5.32 Å². The van der Waals surface area contributed by atoms with Crippen molar-refractivity contribution in [2.75, 3.05) is 0 Å². The molecule has 0 amide bonds. The van der Waals surface area contributed by atoms with Crippen molar-refractivity contribution >= 4 is 5.97 Å². The summed E-state index contributed by atoms with van der Waals surface area (Å²) in [6.45, 7) is 0. The van der Waals surface area contributed by atoms with Gasteiger partial charge in [0.25, 0.3) is 0 Å².